The monoisotopic (exact) mass is 372 g/mol. The van der Waals surface area contributed by atoms with E-state index in [-0.39, 0.29) is 12.0 Å². The van der Waals surface area contributed by atoms with Gasteiger partial charge in [0.15, 0.2) is 0 Å². The van der Waals surface area contributed by atoms with Crippen LogP contribution in [0.5, 0.6) is 0 Å². The van der Waals surface area contributed by atoms with Crippen molar-refractivity contribution in [3.05, 3.63) is 48.0 Å². The van der Waals surface area contributed by atoms with E-state index >= 15 is 0 Å². The van der Waals surface area contributed by atoms with Crippen molar-refractivity contribution in [2.75, 3.05) is 0 Å². The van der Waals surface area contributed by atoms with E-state index in [1.807, 2.05) is 24.3 Å². The van der Waals surface area contributed by atoms with Gasteiger partial charge in [0.1, 0.15) is 0 Å². The number of ether oxygens (including phenoxy) is 1. The van der Waals surface area contributed by atoms with E-state index in [4.69, 9.17) is 4.74 Å². The summed E-state index contributed by atoms with van der Waals surface area (Å²) in [6, 6.07) is 10.2. The molecule has 2 aliphatic rings. The van der Waals surface area contributed by atoms with E-state index in [2.05, 4.69) is 32.1 Å². The Morgan fingerprint density at radius 2 is 1.85 bits per heavy atom. The zero-order valence-electron chi connectivity index (χ0n) is 16.8. The molecule has 1 aromatic carbocycles. The number of aliphatic hydroxyl groups excluding tert-OH is 2. The molecule has 3 rings (SSSR count). The van der Waals surface area contributed by atoms with E-state index in [1.165, 1.54) is 0 Å². The fourth-order valence-electron chi connectivity index (χ4n) is 4.79. The summed E-state index contributed by atoms with van der Waals surface area (Å²) in [6.07, 6.45) is 11.5. The van der Waals surface area contributed by atoms with E-state index in [9.17, 15) is 10.2 Å². The molecule has 2 heterocycles. The lowest BCUT2D eigenvalue weighted by Crippen LogP contribution is -2.27. The predicted octanol–water partition coefficient (Wildman–Crippen LogP) is 4.83. The lowest BCUT2D eigenvalue weighted by atomic mass is 9.76. The van der Waals surface area contributed by atoms with Gasteiger partial charge >= 0.3 is 0 Å². The van der Waals surface area contributed by atoms with Gasteiger partial charge in [-0.2, -0.15) is 0 Å². The number of aliphatic hydroxyl groups is 2. The van der Waals surface area contributed by atoms with Crippen molar-refractivity contribution in [3.8, 4) is 0 Å². The molecular weight excluding hydrogens is 336 g/mol. The van der Waals surface area contributed by atoms with Crippen LogP contribution in [-0.4, -0.2) is 34.6 Å². The maximum absolute atomic E-state index is 10.6. The number of fused-ring (bicyclic) bond motifs is 2. The fraction of sp³-hybridized carbons (Fsp3) is 0.667. The molecule has 0 aliphatic carbocycles. The molecule has 2 N–H and O–H groups in total. The van der Waals surface area contributed by atoms with Gasteiger partial charge in [0, 0.05) is 11.8 Å². The summed E-state index contributed by atoms with van der Waals surface area (Å²) >= 11 is 0. The number of hydrogen-bond acceptors (Lipinski definition) is 3. The molecule has 3 nitrogen and oxygen atoms in total. The van der Waals surface area contributed by atoms with Gasteiger partial charge in [-0.25, -0.2) is 0 Å². The molecule has 2 aliphatic heterocycles. The normalized spacial score (nSPS) is 30.7. The summed E-state index contributed by atoms with van der Waals surface area (Å²) in [4.78, 5) is 0. The van der Waals surface area contributed by atoms with Crippen LogP contribution in [-0.2, 0) is 4.74 Å². The Labute approximate surface area is 164 Å². The fourth-order valence-corrected chi connectivity index (χ4v) is 4.79. The van der Waals surface area contributed by atoms with Gasteiger partial charge in [0.25, 0.3) is 0 Å². The van der Waals surface area contributed by atoms with E-state index in [0.29, 0.717) is 24.0 Å². The largest absolute Gasteiger partial charge is 0.393 e. The molecule has 0 amide bonds. The van der Waals surface area contributed by atoms with Crippen LogP contribution in [0.1, 0.15) is 70.3 Å². The van der Waals surface area contributed by atoms with Gasteiger partial charge in [0.05, 0.1) is 24.4 Å². The first-order valence-corrected chi connectivity index (χ1v) is 10.8. The van der Waals surface area contributed by atoms with Crippen LogP contribution in [0.15, 0.2) is 42.5 Å². The Kier molecular flexibility index (Phi) is 7.51. The highest BCUT2D eigenvalue weighted by atomic mass is 16.5. The average molecular weight is 373 g/mol. The SMILES string of the molecule is CCCCC(O)CC[C@H]1[C@@H](C=CC(O)C(C)c2ccccc2)[C@H]2CC[C@@H]1O2. The van der Waals surface area contributed by atoms with Gasteiger partial charge in [-0.3, -0.25) is 0 Å². The smallest absolute Gasteiger partial charge is 0.0786 e. The van der Waals surface area contributed by atoms with Crippen LogP contribution in [0, 0.1) is 11.8 Å². The molecule has 2 bridgehead atoms. The molecule has 0 saturated carbocycles. The molecular formula is C24H36O3. The van der Waals surface area contributed by atoms with Crippen molar-refractivity contribution in [2.45, 2.75) is 89.1 Å². The second kappa shape index (κ2) is 9.86. The highest BCUT2D eigenvalue weighted by Gasteiger charge is 2.47. The lowest BCUT2D eigenvalue weighted by molar-refractivity contribution is 0.0841. The van der Waals surface area contributed by atoms with Crippen LogP contribution in [0.3, 0.4) is 0 Å². The number of hydrogen-bond donors (Lipinski definition) is 2. The first kappa shape index (κ1) is 20.6. The first-order chi connectivity index (χ1) is 13.1. The van der Waals surface area contributed by atoms with Crippen LogP contribution in [0.2, 0.25) is 0 Å². The average Bonchev–Trinajstić information content (AvgIpc) is 3.30. The molecule has 27 heavy (non-hydrogen) atoms. The maximum atomic E-state index is 10.6. The molecule has 0 radical (unpaired) electrons. The van der Waals surface area contributed by atoms with Crippen molar-refractivity contribution < 1.29 is 14.9 Å². The van der Waals surface area contributed by atoms with Gasteiger partial charge in [-0.15, -0.1) is 0 Å². The Morgan fingerprint density at radius 1 is 1.11 bits per heavy atom. The number of rotatable bonds is 10. The maximum Gasteiger partial charge on any atom is 0.0786 e. The Morgan fingerprint density at radius 3 is 2.59 bits per heavy atom. The third-order valence-corrected chi connectivity index (χ3v) is 6.58. The second-order valence-electron chi connectivity index (χ2n) is 8.48. The van der Waals surface area contributed by atoms with Gasteiger partial charge in [0.2, 0.25) is 0 Å². The summed E-state index contributed by atoms with van der Waals surface area (Å²) in [7, 11) is 0. The molecule has 150 valence electrons. The third kappa shape index (κ3) is 5.22. The quantitative estimate of drug-likeness (QED) is 0.578. The highest BCUT2D eigenvalue weighted by molar-refractivity contribution is 5.22. The van der Waals surface area contributed by atoms with Crippen molar-refractivity contribution in [2.24, 2.45) is 11.8 Å². The van der Waals surface area contributed by atoms with E-state index < -0.39 is 6.10 Å². The lowest BCUT2D eigenvalue weighted by Gasteiger charge is -2.27. The van der Waals surface area contributed by atoms with Crippen LogP contribution in [0.4, 0.5) is 0 Å². The molecule has 0 spiro atoms. The van der Waals surface area contributed by atoms with Gasteiger partial charge < -0.3 is 14.9 Å². The van der Waals surface area contributed by atoms with Gasteiger partial charge in [-0.05, 0) is 43.6 Å². The Balaban J connectivity index is 1.57. The minimum absolute atomic E-state index is 0.0799. The summed E-state index contributed by atoms with van der Waals surface area (Å²) in [5.41, 5.74) is 1.16. The van der Waals surface area contributed by atoms with Crippen molar-refractivity contribution in [1.82, 2.24) is 0 Å². The van der Waals surface area contributed by atoms with Crippen molar-refractivity contribution in [1.29, 1.82) is 0 Å². The minimum atomic E-state index is -0.484. The number of benzene rings is 1. The summed E-state index contributed by atoms with van der Waals surface area (Å²) in [5, 5.41) is 20.9. The minimum Gasteiger partial charge on any atom is -0.393 e. The van der Waals surface area contributed by atoms with Crippen LogP contribution < -0.4 is 0 Å². The molecule has 3 heteroatoms. The molecule has 7 atom stereocenters. The number of unbranched alkanes of at least 4 members (excludes halogenated alkanes) is 1. The zero-order chi connectivity index (χ0) is 19.2. The van der Waals surface area contributed by atoms with Crippen molar-refractivity contribution in [3.63, 3.8) is 0 Å². The van der Waals surface area contributed by atoms with Crippen LogP contribution >= 0.6 is 0 Å². The Bertz CT molecular complexity index is 585. The first-order valence-electron chi connectivity index (χ1n) is 10.8. The molecule has 2 saturated heterocycles. The third-order valence-electron chi connectivity index (χ3n) is 6.58. The molecule has 1 aromatic rings. The topological polar surface area (TPSA) is 49.7 Å². The highest BCUT2D eigenvalue weighted by Crippen LogP contribution is 2.46. The summed E-state index contributed by atoms with van der Waals surface area (Å²) in [5.74, 6) is 0.937. The second-order valence-corrected chi connectivity index (χ2v) is 8.48. The van der Waals surface area contributed by atoms with Crippen molar-refractivity contribution >= 4 is 0 Å². The molecule has 0 aromatic heterocycles. The standard InChI is InChI=1S/C24H36O3/c1-3-4-10-19(25)11-12-20-21(24-16-15-23(20)27-24)13-14-22(26)17(2)18-8-6-5-7-9-18/h5-9,13-14,17,19-26H,3-4,10-12,15-16H2,1-2H3/t17?,19?,20-,21+,22?,23-,24+/m0/s1. The van der Waals surface area contributed by atoms with Gasteiger partial charge in [-0.1, -0.05) is 69.2 Å². The molecule has 3 unspecified atom stereocenters. The van der Waals surface area contributed by atoms with E-state index in [1.54, 1.807) is 0 Å². The Hall–Kier alpha value is -1.16. The molecule has 2 fully saturated rings. The van der Waals surface area contributed by atoms with Crippen LogP contribution in [0.25, 0.3) is 0 Å². The summed E-state index contributed by atoms with van der Waals surface area (Å²) in [6.45, 7) is 4.24. The van der Waals surface area contributed by atoms with E-state index in [0.717, 1.165) is 50.5 Å². The zero-order valence-corrected chi connectivity index (χ0v) is 16.8. The predicted molar refractivity (Wildman–Crippen MR) is 110 cm³/mol. The summed E-state index contributed by atoms with van der Waals surface area (Å²) < 4.78 is 6.17.